The van der Waals surface area contributed by atoms with Gasteiger partial charge in [-0.3, -0.25) is 0 Å². The number of hydrogen-bond donors (Lipinski definition) is 0. The van der Waals surface area contributed by atoms with E-state index in [9.17, 15) is 4.79 Å². The van der Waals surface area contributed by atoms with Crippen LogP contribution in [0, 0.1) is 5.92 Å². The first kappa shape index (κ1) is 18.3. The normalized spacial score (nSPS) is 16.7. The highest BCUT2D eigenvalue weighted by molar-refractivity contribution is 7.22. The molecule has 0 spiro atoms. The monoisotopic (exact) mass is 402 g/mol. The number of rotatable bonds is 5. The Morgan fingerprint density at radius 3 is 2.85 bits per heavy atom. The molecule has 1 unspecified atom stereocenters. The van der Waals surface area contributed by atoms with Gasteiger partial charge in [-0.2, -0.15) is 5.10 Å². The van der Waals surface area contributed by atoms with Crippen molar-refractivity contribution in [3.05, 3.63) is 46.7 Å². The summed E-state index contributed by atoms with van der Waals surface area (Å²) in [7, 11) is 0. The first-order valence-corrected chi connectivity index (χ1v) is 10.1. The van der Waals surface area contributed by atoms with Gasteiger partial charge in [0.2, 0.25) is 0 Å². The van der Waals surface area contributed by atoms with Crippen LogP contribution in [0.25, 0.3) is 20.5 Å². The lowest BCUT2D eigenvalue weighted by Crippen LogP contribution is -2.11. The highest BCUT2D eigenvalue weighted by atomic mass is 35.5. The molecule has 0 saturated carbocycles. The summed E-state index contributed by atoms with van der Waals surface area (Å²) in [4.78, 5) is 13.4. The smallest absolute Gasteiger partial charge is 0.360 e. The summed E-state index contributed by atoms with van der Waals surface area (Å²) in [6, 6.07) is 9.76. The molecule has 1 aromatic carbocycles. The lowest BCUT2D eigenvalue weighted by atomic mass is 10.0. The Balaban J connectivity index is 1.80. The molecule has 3 heterocycles. The van der Waals surface area contributed by atoms with E-state index in [-0.39, 0.29) is 5.69 Å². The molecule has 0 radical (unpaired) electrons. The minimum Gasteiger partial charge on any atom is -0.461 e. The van der Waals surface area contributed by atoms with E-state index in [1.54, 1.807) is 6.92 Å². The fourth-order valence-electron chi connectivity index (χ4n) is 3.25. The van der Waals surface area contributed by atoms with Gasteiger partial charge < -0.3 is 9.47 Å². The summed E-state index contributed by atoms with van der Waals surface area (Å²) in [6.45, 7) is 3.63. The maximum atomic E-state index is 12.3. The lowest BCUT2D eigenvalue weighted by Gasteiger charge is -2.08. The summed E-state index contributed by atoms with van der Waals surface area (Å²) in [6.07, 6.45) is 1.82. The van der Waals surface area contributed by atoms with Crippen LogP contribution < -0.4 is 0 Å². The van der Waals surface area contributed by atoms with Crippen LogP contribution in [0.3, 0.4) is 0 Å². The van der Waals surface area contributed by atoms with E-state index in [2.05, 4.69) is 16.3 Å². The molecule has 1 aliphatic rings. The summed E-state index contributed by atoms with van der Waals surface area (Å²) in [5, 5.41) is 10.2. The third kappa shape index (κ3) is 3.83. The molecule has 1 atom stereocenters. The molecular weight excluding hydrogens is 384 g/mol. The molecule has 0 amide bonds. The number of halogens is 1. The van der Waals surface area contributed by atoms with E-state index in [4.69, 9.17) is 21.1 Å². The van der Waals surface area contributed by atoms with Gasteiger partial charge >= 0.3 is 5.97 Å². The zero-order chi connectivity index (χ0) is 18.8. The summed E-state index contributed by atoms with van der Waals surface area (Å²) < 4.78 is 11.5. The number of thiophene rings is 1. The molecule has 3 aromatic rings. The molecule has 5 nitrogen and oxygen atoms in total. The van der Waals surface area contributed by atoms with Crippen molar-refractivity contribution in [2.24, 2.45) is 5.92 Å². The fraction of sp³-hybridized carbons (Fsp3) is 0.350. The van der Waals surface area contributed by atoms with Crippen molar-refractivity contribution in [1.82, 2.24) is 10.2 Å². The Hall–Kier alpha value is -2.02. The average Bonchev–Trinajstić information content (AvgIpc) is 3.32. The summed E-state index contributed by atoms with van der Waals surface area (Å²) in [5.41, 5.74) is 2.24. The van der Waals surface area contributed by atoms with Gasteiger partial charge in [0, 0.05) is 28.5 Å². The van der Waals surface area contributed by atoms with Crippen molar-refractivity contribution in [2.45, 2.75) is 19.8 Å². The van der Waals surface area contributed by atoms with Crippen LogP contribution >= 0.6 is 22.9 Å². The van der Waals surface area contributed by atoms with Gasteiger partial charge in [0.05, 0.1) is 17.0 Å². The molecule has 27 heavy (non-hydrogen) atoms. The second kappa shape index (κ2) is 7.92. The number of carbonyl (C=O) groups excluding carboxylic acids is 1. The molecule has 0 aliphatic carbocycles. The van der Waals surface area contributed by atoms with E-state index in [0.29, 0.717) is 17.5 Å². The van der Waals surface area contributed by atoms with Gasteiger partial charge in [0.15, 0.2) is 5.69 Å². The van der Waals surface area contributed by atoms with Crippen LogP contribution in [0.4, 0.5) is 0 Å². The Kier molecular flexibility index (Phi) is 5.38. The Bertz CT molecular complexity index is 965. The van der Waals surface area contributed by atoms with Gasteiger partial charge in [-0.15, -0.1) is 16.4 Å². The number of hydrogen-bond acceptors (Lipinski definition) is 6. The maximum absolute atomic E-state index is 12.3. The van der Waals surface area contributed by atoms with Gasteiger partial charge in [-0.05, 0) is 49.4 Å². The molecule has 140 valence electrons. The molecule has 1 fully saturated rings. The third-order valence-electron chi connectivity index (χ3n) is 4.63. The number of carbonyl (C=O) groups is 1. The van der Waals surface area contributed by atoms with Crippen LogP contribution in [0.1, 0.15) is 29.5 Å². The van der Waals surface area contributed by atoms with Crippen molar-refractivity contribution >= 4 is 39.0 Å². The predicted octanol–water partition coefficient (Wildman–Crippen LogP) is 4.77. The van der Waals surface area contributed by atoms with E-state index >= 15 is 0 Å². The van der Waals surface area contributed by atoms with E-state index < -0.39 is 5.97 Å². The molecule has 1 saturated heterocycles. The first-order valence-electron chi connectivity index (χ1n) is 8.95. The third-order valence-corrected chi connectivity index (χ3v) is 6.08. The molecule has 1 aliphatic heterocycles. The number of esters is 1. The second-order valence-corrected chi connectivity index (χ2v) is 8.00. The minimum atomic E-state index is -0.435. The second-order valence-electron chi connectivity index (χ2n) is 6.51. The van der Waals surface area contributed by atoms with E-state index in [1.165, 1.54) is 11.3 Å². The zero-order valence-electron chi connectivity index (χ0n) is 14.9. The molecule has 0 bridgehead atoms. The Labute approximate surface area is 166 Å². The van der Waals surface area contributed by atoms with Crippen LogP contribution in [-0.2, 0) is 15.9 Å². The molecule has 4 rings (SSSR count). The van der Waals surface area contributed by atoms with Crippen LogP contribution in [0.15, 0.2) is 30.3 Å². The number of aromatic nitrogens is 2. The van der Waals surface area contributed by atoms with Gasteiger partial charge in [0.25, 0.3) is 0 Å². The van der Waals surface area contributed by atoms with Crippen molar-refractivity contribution in [3.63, 3.8) is 0 Å². The van der Waals surface area contributed by atoms with Crippen molar-refractivity contribution in [1.29, 1.82) is 0 Å². The molecule has 2 aromatic heterocycles. The van der Waals surface area contributed by atoms with Gasteiger partial charge in [-0.1, -0.05) is 23.7 Å². The first-order chi connectivity index (χ1) is 13.2. The highest BCUT2D eigenvalue weighted by Crippen LogP contribution is 2.37. The molecule has 7 heteroatoms. The standard InChI is InChI=1S/C20H19ClN2O3S/c1-2-26-20(24)18-19-15(16(22-23-18)9-12-7-8-25-11-12)10-17(27-19)13-3-5-14(21)6-4-13/h3-6,10,12H,2,7-9,11H2,1H3. The lowest BCUT2D eigenvalue weighted by molar-refractivity contribution is 0.0521. The van der Waals surface area contributed by atoms with Crippen molar-refractivity contribution in [3.8, 4) is 10.4 Å². The number of nitrogens with zero attached hydrogens (tertiary/aromatic N) is 2. The molecule has 0 N–H and O–H groups in total. The Morgan fingerprint density at radius 2 is 2.15 bits per heavy atom. The summed E-state index contributed by atoms with van der Waals surface area (Å²) in [5.74, 6) is 0.00470. The molecular formula is C20H19ClN2O3S. The minimum absolute atomic E-state index is 0.281. The fourth-order valence-corrected chi connectivity index (χ4v) is 4.53. The van der Waals surface area contributed by atoms with Crippen molar-refractivity contribution in [2.75, 3.05) is 19.8 Å². The van der Waals surface area contributed by atoms with Crippen molar-refractivity contribution < 1.29 is 14.3 Å². The van der Waals surface area contributed by atoms with Crippen LogP contribution in [0.5, 0.6) is 0 Å². The quantitative estimate of drug-likeness (QED) is 0.575. The van der Waals surface area contributed by atoms with E-state index in [1.807, 2.05) is 24.3 Å². The van der Waals surface area contributed by atoms with Gasteiger partial charge in [0.1, 0.15) is 0 Å². The van der Waals surface area contributed by atoms with E-state index in [0.717, 1.165) is 52.3 Å². The topological polar surface area (TPSA) is 61.3 Å². The van der Waals surface area contributed by atoms with Crippen LogP contribution in [0.2, 0.25) is 5.02 Å². The number of fused-ring (bicyclic) bond motifs is 1. The summed E-state index contributed by atoms with van der Waals surface area (Å²) >= 11 is 7.54. The zero-order valence-corrected chi connectivity index (χ0v) is 16.5. The SMILES string of the molecule is CCOC(=O)c1nnc(CC2CCOC2)c2cc(-c3ccc(Cl)cc3)sc12. The maximum Gasteiger partial charge on any atom is 0.360 e. The highest BCUT2D eigenvalue weighted by Gasteiger charge is 2.23. The van der Waals surface area contributed by atoms with Gasteiger partial charge in [-0.25, -0.2) is 4.79 Å². The number of benzene rings is 1. The predicted molar refractivity (Wildman–Crippen MR) is 106 cm³/mol. The van der Waals surface area contributed by atoms with Crippen LogP contribution in [-0.4, -0.2) is 36.0 Å². The number of ether oxygens (including phenoxy) is 2. The average molecular weight is 403 g/mol. The largest absolute Gasteiger partial charge is 0.461 e. The Morgan fingerprint density at radius 1 is 1.33 bits per heavy atom.